The second-order valence-corrected chi connectivity index (χ2v) is 10.3. The topological polar surface area (TPSA) is 26.3 Å². The second-order valence-electron chi connectivity index (χ2n) is 10.3. The molecule has 0 bridgehead atoms. The summed E-state index contributed by atoms with van der Waals surface area (Å²) in [5.41, 5.74) is -0.137. The van der Waals surface area contributed by atoms with E-state index in [-0.39, 0.29) is 28.4 Å². The number of hydrogen-bond donors (Lipinski definition) is 0. The molecule has 3 atom stereocenters. The van der Waals surface area contributed by atoms with E-state index in [9.17, 15) is 9.18 Å². The predicted molar refractivity (Wildman–Crippen MR) is 134 cm³/mol. The molecule has 0 radical (unpaired) electrons. The van der Waals surface area contributed by atoms with Crippen LogP contribution in [0.4, 0.5) is 17.6 Å². The van der Waals surface area contributed by atoms with Gasteiger partial charge in [-0.25, -0.2) is 22.4 Å². The van der Waals surface area contributed by atoms with Gasteiger partial charge in [-0.3, -0.25) is 0 Å². The summed E-state index contributed by atoms with van der Waals surface area (Å²) in [5.74, 6) is -1.32. The lowest BCUT2D eigenvalue weighted by Crippen LogP contribution is -2.27. The highest BCUT2D eigenvalue weighted by molar-refractivity contribution is 5.93. The highest BCUT2D eigenvalue weighted by Gasteiger charge is 2.41. The summed E-state index contributed by atoms with van der Waals surface area (Å²) < 4.78 is 66.1. The molecule has 1 fully saturated rings. The molecule has 2 nitrogen and oxygen atoms in total. The Kier molecular flexibility index (Phi) is 8.74. The Morgan fingerprint density at radius 3 is 2.42 bits per heavy atom. The van der Waals surface area contributed by atoms with Crippen LogP contribution >= 0.6 is 0 Å². The number of carbonyl (C=O) groups excluding carboxylic acids is 1. The number of benzene rings is 1. The Labute approximate surface area is 211 Å². The molecule has 1 aromatic rings. The number of esters is 1. The molecule has 0 amide bonds. The van der Waals surface area contributed by atoms with Gasteiger partial charge in [-0.2, -0.15) is 0 Å². The first-order chi connectivity index (χ1) is 17.3. The van der Waals surface area contributed by atoms with Crippen LogP contribution in [0.2, 0.25) is 0 Å². The van der Waals surface area contributed by atoms with Crippen molar-refractivity contribution in [3.05, 3.63) is 64.0 Å². The fourth-order valence-electron chi connectivity index (χ4n) is 5.72. The van der Waals surface area contributed by atoms with Crippen molar-refractivity contribution in [2.24, 2.45) is 5.92 Å². The van der Waals surface area contributed by atoms with Gasteiger partial charge in [0.25, 0.3) is 0 Å². The smallest absolute Gasteiger partial charge is 0.341 e. The maximum atomic E-state index is 15.5. The number of halogens is 4. The summed E-state index contributed by atoms with van der Waals surface area (Å²) in [4.78, 5) is 12.8. The van der Waals surface area contributed by atoms with Gasteiger partial charge >= 0.3 is 5.97 Å². The van der Waals surface area contributed by atoms with Crippen LogP contribution in [-0.4, -0.2) is 24.4 Å². The molecule has 0 spiro atoms. The van der Waals surface area contributed by atoms with E-state index in [1.54, 1.807) is 6.08 Å². The van der Waals surface area contributed by atoms with Crippen LogP contribution in [0, 0.1) is 11.7 Å². The van der Waals surface area contributed by atoms with Gasteiger partial charge in [0.1, 0.15) is 18.1 Å². The van der Waals surface area contributed by atoms with Crippen molar-refractivity contribution in [1.29, 1.82) is 0 Å². The van der Waals surface area contributed by atoms with E-state index in [1.807, 2.05) is 6.92 Å². The molecule has 196 valence electrons. The molecule has 4 rings (SSSR count). The summed E-state index contributed by atoms with van der Waals surface area (Å²) in [7, 11) is 0. The SMILES string of the molecule is CCCCCC1CCC(OC(=O)c2ccc3c(c2F)C(F)C(F)C2=CC(F)C(CCC)=CC=C23)CC1. The number of allylic oxidation sites excluding steroid dienone is 6. The first kappa shape index (κ1) is 26.7. The molecule has 1 saturated carbocycles. The number of fused-ring (bicyclic) bond motifs is 3. The zero-order valence-electron chi connectivity index (χ0n) is 21.2. The number of unbranched alkanes of at least 4 members (excludes halogenated alkanes) is 2. The Balaban J connectivity index is 1.53. The van der Waals surface area contributed by atoms with Gasteiger partial charge in [-0.1, -0.05) is 64.2 Å². The van der Waals surface area contributed by atoms with E-state index < -0.39 is 35.9 Å². The van der Waals surface area contributed by atoms with Crippen LogP contribution in [0.15, 0.2) is 41.5 Å². The minimum Gasteiger partial charge on any atom is -0.459 e. The van der Waals surface area contributed by atoms with Gasteiger partial charge in [0.2, 0.25) is 0 Å². The Bertz CT molecular complexity index is 1050. The number of hydrogen-bond acceptors (Lipinski definition) is 2. The quantitative estimate of drug-likeness (QED) is 0.201. The molecule has 0 aromatic heterocycles. The lowest BCUT2D eigenvalue weighted by atomic mass is 9.79. The van der Waals surface area contributed by atoms with Gasteiger partial charge in [-0.15, -0.1) is 0 Å². The summed E-state index contributed by atoms with van der Waals surface area (Å²) in [6.45, 7) is 4.09. The lowest BCUT2D eigenvalue weighted by molar-refractivity contribution is 0.0155. The third kappa shape index (κ3) is 5.47. The molecule has 3 unspecified atom stereocenters. The Hall–Kier alpha value is -2.37. The molecule has 3 aliphatic carbocycles. The highest BCUT2D eigenvalue weighted by Crippen LogP contribution is 2.47. The first-order valence-electron chi connectivity index (χ1n) is 13.4. The van der Waals surface area contributed by atoms with E-state index >= 15 is 13.2 Å². The minimum absolute atomic E-state index is 0.115. The van der Waals surface area contributed by atoms with Crippen molar-refractivity contribution in [2.75, 3.05) is 0 Å². The zero-order valence-corrected chi connectivity index (χ0v) is 21.2. The average molecular weight is 505 g/mol. The molecular formula is C30H36F4O2. The molecule has 36 heavy (non-hydrogen) atoms. The normalized spacial score (nSPS) is 27.7. The van der Waals surface area contributed by atoms with Gasteiger partial charge in [0.15, 0.2) is 12.3 Å². The number of ether oxygens (including phenoxy) is 1. The van der Waals surface area contributed by atoms with Gasteiger partial charge in [-0.05, 0) is 72.4 Å². The number of rotatable bonds is 8. The van der Waals surface area contributed by atoms with Crippen LogP contribution in [0.5, 0.6) is 0 Å². The summed E-state index contributed by atoms with van der Waals surface area (Å²) in [6, 6.07) is 2.69. The van der Waals surface area contributed by atoms with Gasteiger partial charge in [0.05, 0.1) is 5.56 Å². The molecular weight excluding hydrogens is 468 g/mol. The first-order valence-corrected chi connectivity index (χ1v) is 13.4. The van der Waals surface area contributed by atoms with E-state index in [4.69, 9.17) is 4.74 Å². The zero-order chi connectivity index (χ0) is 25.8. The summed E-state index contributed by atoms with van der Waals surface area (Å²) >= 11 is 0. The summed E-state index contributed by atoms with van der Waals surface area (Å²) in [6.07, 6.45) is 7.20. The Morgan fingerprint density at radius 1 is 0.972 bits per heavy atom. The average Bonchev–Trinajstić information content (AvgIpc) is 3.03. The third-order valence-electron chi connectivity index (χ3n) is 7.80. The fourth-order valence-corrected chi connectivity index (χ4v) is 5.72. The largest absolute Gasteiger partial charge is 0.459 e. The van der Waals surface area contributed by atoms with Crippen molar-refractivity contribution in [3.8, 4) is 0 Å². The van der Waals surface area contributed by atoms with E-state index in [0.29, 0.717) is 24.3 Å². The molecule has 0 heterocycles. The fraction of sp³-hybridized carbons (Fsp3) is 0.567. The van der Waals surface area contributed by atoms with Crippen LogP contribution in [0.1, 0.15) is 106 Å². The molecule has 0 N–H and O–H groups in total. The summed E-state index contributed by atoms with van der Waals surface area (Å²) in [5, 5.41) is 0. The van der Waals surface area contributed by atoms with Crippen molar-refractivity contribution in [3.63, 3.8) is 0 Å². The third-order valence-corrected chi connectivity index (χ3v) is 7.80. The maximum Gasteiger partial charge on any atom is 0.341 e. The van der Waals surface area contributed by atoms with Crippen molar-refractivity contribution in [1.82, 2.24) is 0 Å². The lowest BCUT2D eigenvalue weighted by Gasteiger charge is -2.30. The Morgan fingerprint density at radius 2 is 1.72 bits per heavy atom. The van der Waals surface area contributed by atoms with Gasteiger partial charge < -0.3 is 4.74 Å². The van der Waals surface area contributed by atoms with Crippen LogP contribution < -0.4 is 0 Å². The maximum absolute atomic E-state index is 15.5. The van der Waals surface area contributed by atoms with E-state index in [2.05, 4.69) is 6.92 Å². The van der Waals surface area contributed by atoms with Crippen LogP contribution in [-0.2, 0) is 4.74 Å². The van der Waals surface area contributed by atoms with E-state index in [0.717, 1.165) is 31.8 Å². The van der Waals surface area contributed by atoms with Crippen molar-refractivity contribution in [2.45, 2.75) is 103 Å². The number of alkyl halides is 3. The molecule has 0 saturated heterocycles. The van der Waals surface area contributed by atoms with Gasteiger partial charge in [0, 0.05) is 5.56 Å². The highest BCUT2D eigenvalue weighted by atomic mass is 19.2. The second kappa shape index (κ2) is 11.8. The standard InChI is InChI=1S/C30H36F4O2/c1-3-5-6-8-18-9-12-20(13-10-18)36-30(35)23-16-15-22-21-14-11-19(7-4-2)25(31)17-24(21)28(33)29(34)26(22)27(23)32/h11,14-18,20,25,28-29H,3-10,12-13H2,1-2H3. The molecule has 3 aliphatic rings. The van der Waals surface area contributed by atoms with Crippen LogP contribution in [0.3, 0.4) is 0 Å². The van der Waals surface area contributed by atoms with Crippen LogP contribution in [0.25, 0.3) is 5.57 Å². The molecule has 6 heteroatoms. The van der Waals surface area contributed by atoms with Crippen molar-refractivity contribution >= 4 is 11.5 Å². The predicted octanol–water partition coefficient (Wildman–Crippen LogP) is 8.87. The number of carbonyl (C=O) groups is 1. The monoisotopic (exact) mass is 504 g/mol. The minimum atomic E-state index is -2.34. The van der Waals surface area contributed by atoms with E-state index in [1.165, 1.54) is 43.9 Å². The van der Waals surface area contributed by atoms with Crippen molar-refractivity contribution < 1.29 is 27.1 Å². The molecule has 1 aromatic carbocycles. The molecule has 0 aliphatic heterocycles.